The van der Waals surface area contributed by atoms with Crippen LogP contribution in [0.3, 0.4) is 0 Å². The van der Waals surface area contributed by atoms with Gasteiger partial charge in [-0.3, -0.25) is 0 Å². The molecular formula is C11H19F3O. The summed E-state index contributed by atoms with van der Waals surface area (Å²) in [6.45, 7) is 3.86. The largest absolute Gasteiger partial charge is 0.390 e. The summed E-state index contributed by atoms with van der Waals surface area (Å²) in [5, 5.41) is 10.2. The summed E-state index contributed by atoms with van der Waals surface area (Å²) < 4.78 is 36.3. The lowest BCUT2D eigenvalue weighted by molar-refractivity contribution is -0.157. The van der Waals surface area contributed by atoms with Crippen molar-refractivity contribution in [3.8, 4) is 0 Å². The van der Waals surface area contributed by atoms with Crippen LogP contribution in [0.5, 0.6) is 0 Å². The van der Waals surface area contributed by atoms with E-state index in [4.69, 9.17) is 0 Å². The topological polar surface area (TPSA) is 20.2 Å². The van der Waals surface area contributed by atoms with Gasteiger partial charge in [0.1, 0.15) is 0 Å². The molecule has 0 radical (unpaired) electrons. The summed E-state index contributed by atoms with van der Waals surface area (Å²) in [4.78, 5) is 0. The van der Waals surface area contributed by atoms with E-state index in [9.17, 15) is 18.3 Å². The normalized spacial score (nSPS) is 38.0. The molecule has 1 N–H and O–H groups in total. The Kier molecular flexibility index (Phi) is 3.69. The molecule has 0 bridgehead atoms. The average Bonchev–Trinajstić information content (AvgIpc) is 2.10. The second-order valence-electron chi connectivity index (χ2n) is 4.88. The Morgan fingerprint density at radius 2 is 1.93 bits per heavy atom. The molecule has 90 valence electrons. The van der Waals surface area contributed by atoms with E-state index in [0.717, 1.165) is 12.8 Å². The third-order valence-corrected chi connectivity index (χ3v) is 3.81. The van der Waals surface area contributed by atoms with Crippen molar-refractivity contribution < 1.29 is 18.3 Å². The monoisotopic (exact) mass is 224 g/mol. The van der Waals surface area contributed by atoms with E-state index in [1.807, 2.05) is 13.8 Å². The van der Waals surface area contributed by atoms with Crippen LogP contribution in [-0.2, 0) is 0 Å². The fourth-order valence-electron chi connectivity index (χ4n) is 2.45. The summed E-state index contributed by atoms with van der Waals surface area (Å²) in [5.74, 6) is 0.283. The van der Waals surface area contributed by atoms with Gasteiger partial charge in [0, 0.05) is 6.42 Å². The molecule has 3 unspecified atom stereocenters. The highest BCUT2D eigenvalue weighted by Gasteiger charge is 2.42. The number of rotatable bonds is 2. The molecule has 0 aromatic heterocycles. The minimum absolute atomic E-state index is 0.0337. The Bertz CT molecular complexity index is 214. The fourth-order valence-corrected chi connectivity index (χ4v) is 2.45. The number of hydrogen-bond donors (Lipinski definition) is 1. The van der Waals surface area contributed by atoms with Crippen LogP contribution >= 0.6 is 0 Å². The summed E-state index contributed by atoms with van der Waals surface area (Å²) in [6, 6.07) is 0. The van der Waals surface area contributed by atoms with Crippen molar-refractivity contribution >= 4 is 0 Å². The van der Waals surface area contributed by atoms with Gasteiger partial charge >= 0.3 is 6.18 Å². The summed E-state index contributed by atoms with van der Waals surface area (Å²) in [6.07, 6.45) is -2.83. The van der Waals surface area contributed by atoms with Crippen LogP contribution in [0, 0.1) is 11.8 Å². The number of alkyl halides is 3. The van der Waals surface area contributed by atoms with Gasteiger partial charge in [-0.05, 0) is 24.7 Å². The number of aliphatic hydroxyl groups is 1. The zero-order valence-corrected chi connectivity index (χ0v) is 9.27. The minimum atomic E-state index is -4.16. The van der Waals surface area contributed by atoms with Crippen molar-refractivity contribution in [3.63, 3.8) is 0 Å². The van der Waals surface area contributed by atoms with E-state index in [2.05, 4.69) is 0 Å². The molecule has 1 aliphatic rings. The standard InChI is InChI=1S/C11H19F3O/c1-8-4-3-5-10(15,9(8)2)6-7-11(12,13)14/h8-9,15H,3-7H2,1-2H3. The van der Waals surface area contributed by atoms with Crippen molar-refractivity contribution in [2.24, 2.45) is 11.8 Å². The van der Waals surface area contributed by atoms with E-state index >= 15 is 0 Å². The summed E-state index contributed by atoms with van der Waals surface area (Å²) in [5.41, 5.74) is -1.10. The van der Waals surface area contributed by atoms with Crippen molar-refractivity contribution in [2.45, 2.75) is 57.7 Å². The lowest BCUT2D eigenvalue weighted by Gasteiger charge is -2.42. The predicted molar refractivity (Wildman–Crippen MR) is 52.4 cm³/mol. The van der Waals surface area contributed by atoms with E-state index in [1.165, 1.54) is 0 Å². The van der Waals surface area contributed by atoms with Gasteiger partial charge in [0.05, 0.1) is 5.60 Å². The first kappa shape index (κ1) is 12.8. The maximum Gasteiger partial charge on any atom is 0.389 e. The molecule has 3 atom stereocenters. The molecule has 1 saturated carbocycles. The molecule has 0 spiro atoms. The fraction of sp³-hybridized carbons (Fsp3) is 1.00. The molecule has 0 saturated heterocycles. The second-order valence-corrected chi connectivity index (χ2v) is 4.88. The van der Waals surface area contributed by atoms with Gasteiger partial charge in [0.15, 0.2) is 0 Å². The van der Waals surface area contributed by atoms with Crippen LogP contribution < -0.4 is 0 Å². The molecule has 1 fully saturated rings. The average molecular weight is 224 g/mol. The van der Waals surface area contributed by atoms with Gasteiger partial charge in [-0.2, -0.15) is 13.2 Å². The maximum absolute atomic E-state index is 12.1. The molecule has 4 heteroatoms. The van der Waals surface area contributed by atoms with Gasteiger partial charge in [0.2, 0.25) is 0 Å². The van der Waals surface area contributed by atoms with E-state index in [-0.39, 0.29) is 12.3 Å². The van der Waals surface area contributed by atoms with Crippen LogP contribution in [0.25, 0.3) is 0 Å². The predicted octanol–water partition coefficient (Wildman–Crippen LogP) is 3.52. The molecule has 0 amide bonds. The van der Waals surface area contributed by atoms with E-state index in [0.29, 0.717) is 12.3 Å². The van der Waals surface area contributed by atoms with Gasteiger partial charge in [-0.1, -0.05) is 26.7 Å². The first-order valence-electron chi connectivity index (χ1n) is 5.54. The van der Waals surface area contributed by atoms with Crippen LogP contribution in [-0.4, -0.2) is 16.9 Å². The molecule has 0 aliphatic heterocycles. The maximum atomic E-state index is 12.1. The molecule has 15 heavy (non-hydrogen) atoms. The second kappa shape index (κ2) is 4.32. The summed E-state index contributed by atoms with van der Waals surface area (Å²) in [7, 11) is 0. The third-order valence-electron chi connectivity index (χ3n) is 3.81. The number of hydrogen-bond acceptors (Lipinski definition) is 1. The lowest BCUT2D eigenvalue weighted by Crippen LogP contribution is -2.43. The van der Waals surface area contributed by atoms with Crippen molar-refractivity contribution in [1.82, 2.24) is 0 Å². The first-order chi connectivity index (χ1) is 6.75. The van der Waals surface area contributed by atoms with Crippen LogP contribution in [0.2, 0.25) is 0 Å². The quantitative estimate of drug-likeness (QED) is 0.761. The smallest absolute Gasteiger partial charge is 0.389 e. The van der Waals surface area contributed by atoms with Crippen molar-refractivity contribution in [1.29, 1.82) is 0 Å². The SMILES string of the molecule is CC1CCCC(O)(CCC(F)(F)F)C1C. The Hall–Kier alpha value is -0.250. The highest BCUT2D eigenvalue weighted by molar-refractivity contribution is 4.91. The third kappa shape index (κ3) is 3.37. The Morgan fingerprint density at radius 3 is 2.47 bits per heavy atom. The highest BCUT2D eigenvalue weighted by Crippen LogP contribution is 2.41. The van der Waals surface area contributed by atoms with Crippen LogP contribution in [0.1, 0.15) is 46.0 Å². The molecular weight excluding hydrogens is 205 g/mol. The molecule has 1 nitrogen and oxygen atoms in total. The highest BCUT2D eigenvalue weighted by atomic mass is 19.4. The van der Waals surface area contributed by atoms with Gasteiger partial charge < -0.3 is 5.11 Å². The van der Waals surface area contributed by atoms with Crippen molar-refractivity contribution in [3.05, 3.63) is 0 Å². The Morgan fingerprint density at radius 1 is 1.33 bits per heavy atom. The zero-order chi connectivity index (χ0) is 11.7. The van der Waals surface area contributed by atoms with Crippen molar-refractivity contribution in [2.75, 3.05) is 0 Å². The van der Waals surface area contributed by atoms with Gasteiger partial charge in [0.25, 0.3) is 0 Å². The van der Waals surface area contributed by atoms with Crippen LogP contribution in [0.15, 0.2) is 0 Å². The molecule has 0 heterocycles. The molecule has 1 rings (SSSR count). The number of halogens is 3. The minimum Gasteiger partial charge on any atom is -0.390 e. The zero-order valence-electron chi connectivity index (χ0n) is 9.27. The molecule has 0 aromatic rings. The lowest BCUT2D eigenvalue weighted by atomic mass is 9.69. The summed E-state index contributed by atoms with van der Waals surface area (Å²) >= 11 is 0. The van der Waals surface area contributed by atoms with Gasteiger partial charge in [-0.15, -0.1) is 0 Å². The Labute approximate surface area is 88.7 Å². The van der Waals surface area contributed by atoms with Gasteiger partial charge in [-0.25, -0.2) is 0 Å². The molecule has 1 aliphatic carbocycles. The molecule has 0 aromatic carbocycles. The Balaban J connectivity index is 2.57. The van der Waals surface area contributed by atoms with E-state index < -0.39 is 18.2 Å². The first-order valence-corrected chi connectivity index (χ1v) is 5.54. The van der Waals surface area contributed by atoms with Crippen LogP contribution in [0.4, 0.5) is 13.2 Å². The van der Waals surface area contributed by atoms with E-state index in [1.54, 1.807) is 0 Å².